The third-order valence-corrected chi connectivity index (χ3v) is 2.40. The summed E-state index contributed by atoms with van der Waals surface area (Å²) in [5.74, 6) is 0.674. The molecule has 0 aliphatic rings. The van der Waals surface area contributed by atoms with Crippen LogP contribution in [0.4, 0.5) is 0 Å². The van der Waals surface area contributed by atoms with E-state index in [0.717, 1.165) is 4.88 Å². The predicted octanol–water partition coefficient (Wildman–Crippen LogP) is 1.90. The summed E-state index contributed by atoms with van der Waals surface area (Å²) in [7, 11) is 0. The maximum Gasteiger partial charge on any atom is 0.181 e. The van der Waals surface area contributed by atoms with Crippen molar-refractivity contribution >= 4 is 11.3 Å². The van der Waals surface area contributed by atoms with Gasteiger partial charge in [0.25, 0.3) is 0 Å². The van der Waals surface area contributed by atoms with E-state index in [1.54, 1.807) is 11.3 Å². The molecule has 2 aromatic rings. The van der Waals surface area contributed by atoms with Crippen molar-refractivity contribution in [2.75, 3.05) is 0 Å². The number of aliphatic hydroxyl groups is 1. The van der Waals surface area contributed by atoms with Crippen LogP contribution in [-0.2, 0) is 6.61 Å². The van der Waals surface area contributed by atoms with Crippen molar-refractivity contribution in [1.29, 1.82) is 0 Å². The Bertz CT molecular complexity index is 353. The molecule has 0 fully saturated rings. The second-order valence-corrected chi connectivity index (χ2v) is 3.21. The fourth-order valence-corrected chi connectivity index (χ4v) is 1.72. The Hall–Kier alpha value is -1.13. The zero-order chi connectivity index (χ0) is 8.39. The van der Waals surface area contributed by atoms with Gasteiger partial charge >= 0.3 is 0 Å². The molecule has 0 unspecified atom stereocenters. The number of thiophene rings is 1. The van der Waals surface area contributed by atoms with Crippen LogP contribution in [0.2, 0.25) is 0 Å². The molecule has 0 saturated heterocycles. The zero-order valence-electron chi connectivity index (χ0n) is 6.23. The number of aliphatic hydroxyl groups excluding tert-OH is 1. The first-order chi connectivity index (χ1) is 5.92. The van der Waals surface area contributed by atoms with E-state index in [1.807, 2.05) is 17.5 Å². The van der Waals surface area contributed by atoms with Gasteiger partial charge in [-0.1, -0.05) is 6.07 Å². The average Bonchev–Trinajstić information content (AvgIpc) is 2.74. The van der Waals surface area contributed by atoms with Gasteiger partial charge in [-0.25, -0.2) is 4.98 Å². The first-order valence-corrected chi connectivity index (χ1v) is 4.37. The summed E-state index contributed by atoms with van der Waals surface area (Å²) < 4.78 is 5.14. The number of nitrogens with zero attached hydrogens (tertiary/aromatic N) is 1. The van der Waals surface area contributed by atoms with Crippen molar-refractivity contribution in [3.63, 3.8) is 0 Å². The maximum absolute atomic E-state index is 8.89. The molecule has 0 aromatic carbocycles. The van der Waals surface area contributed by atoms with E-state index in [1.165, 1.54) is 6.39 Å². The van der Waals surface area contributed by atoms with Crippen molar-refractivity contribution in [2.24, 2.45) is 0 Å². The molecule has 12 heavy (non-hydrogen) atoms. The van der Waals surface area contributed by atoms with E-state index in [-0.39, 0.29) is 6.61 Å². The molecule has 2 heterocycles. The first kappa shape index (κ1) is 7.52. The Morgan fingerprint density at radius 1 is 1.58 bits per heavy atom. The molecule has 0 atom stereocenters. The summed E-state index contributed by atoms with van der Waals surface area (Å²) >= 11 is 1.57. The van der Waals surface area contributed by atoms with Crippen molar-refractivity contribution in [1.82, 2.24) is 4.98 Å². The number of hydrogen-bond acceptors (Lipinski definition) is 4. The molecule has 1 N–H and O–H groups in total. The summed E-state index contributed by atoms with van der Waals surface area (Å²) in [6.45, 7) is -0.0796. The molecule has 62 valence electrons. The second-order valence-electron chi connectivity index (χ2n) is 2.26. The van der Waals surface area contributed by atoms with Gasteiger partial charge in [0.15, 0.2) is 12.2 Å². The van der Waals surface area contributed by atoms with Crippen LogP contribution in [0.25, 0.3) is 10.6 Å². The van der Waals surface area contributed by atoms with Crippen LogP contribution in [0.5, 0.6) is 0 Å². The summed E-state index contributed by atoms with van der Waals surface area (Å²) in [6, 6.07) is 3.87. The lowest BCUT2D eigenvalue weighted by atomic mass is 10.3. The lowest BCUT2D eigenvalue weighted by molar-refractivity contribution is 0.277. The highest BCUT2D eigenvalue weighted by molar-refractivity contribution is 7.13. The largest absolute Gasteiger partial charge is 0.442 e. The van der Waals surface area contributed by atoms with Crippen LogP contribution in [-0.4, -0.2) is 10.1 Å². The minimum Gasteiger partial charge on any atom is -0.442 e. The van der Waals surface area contributed by atoms with Gasteiger partial charge in [0, 0.05) is 0 Å². The van der Waals surface area contributed by atoms with Crippen molar-refractivity contribution in [2.45, 2.75) is 6.61 Å². The molecule has 3 nitrogen and oxygen atoms in total. The molecule has 0 spiro atoms. The molecule has 0 aliphatic carbocycles. The Balaban J connectivity index is 2.46. The lowest BCUT2D eigenvalue weighted by Crippen LogP contribution is -1.84. The average molecular weight is 181 g/mol. The Labute approximate surface area is 73.3 Å². The third-order valence-electron chi connectivity index (χ3n) is 1.54. The van der Waals surface area contributed by atoms with Gasteiger partial charge in [-0.3, -0.25) is 0 Å². The Morgan fingerprint density at radius 2 is 2.50 bits per heavy atom. The topological polar surface area (TPSA) is 46.3 Å². The minimum atomic E-state index is -0.0796. The van der Waals surface area contributed by atoms with Gasteiger partial charge in [0.05, 0.1) is 11.5 Å². The summed E-state index contributed by atoms with van der Waals surface area (Å²) in [4.78, 5) is 4.88. The normalized spacial score (nSPS) is 10.4. The zero-order valence-corrected chi connectivity index (χ0v) is 7.04. The molecule has 0 radical (unpaired) electrons. The molecular formula is C8H7NO2S. The van der Waals surface area contributed by atoms with E-state index in [2.05, 4.69) is 4.98 Å². The van der Waals surface area contributed by atoms with E-state index in [0.29, 0.717) is 11.5 Å². The highest BCUT2D eigenvalue weighted by atomic mass is 32.1. The molecule has 0 aliphatic heterocycles. The van der Waals surface area contributed by atoms with E-state index >= 15 is 0 Å². The van der Waals surface area contributed by atoms with Crippen molar-refractivity contribution in [3.05, 3.63) is 29.6 Å². The monoisotopic (exact) mass is 181 g/mol. The van der Waals surface area contributed by atoms with Gasteiger partial charge in [-0.05, 0) is 11.4 Å². The second kappa shape index (κ2) is 3.08. The molecular weight excluding hydrogens is 174 g/mol. The number of hydrogen-bond donors (Lipinski definition) is 1. The van der Waals surface area contributed by atoms with E-state index in [9.17, 15) is 0 Å². The van der Waals surface area contributed by atoms with Crippen LogP contribution < -0.4 is 0 Å². The van der Waals surface area contributed by atoms with E-state index < -0.39 is 0 Å². The number of aromatic nitrogens is 1. The van der Waals surface area contributed by atoms with Crippen LogP contribution in [0.15, 0.2) is 28.3 Å². The molecule has 4 heteroatoms. The predicted molar refractivity (Wildman–Crippen MR) is 45.7 cm³/mol. The van der Waals surface area contributed by atoms with E-state index in [4.69, 9.17) is 9.52 Å². The maximum atomic E-state index is 8.89. The van der Waals surface area contributed by atoms with Crippen LogP contribution in [0.3, 0.4) is 0 Å². The van der Waals surface area contributed by atoms with Gasteiger partial charge in [0.2, 0.25) is 0 Å². The smallest absolute Gasteiger partial charge is 0.181 e. The van der Waals surface area contributed by atoms with Crippen molar-refractivity contribution in [3.8, 4) is 10.6 Å². The van der Waals surface area contributed by atoms with Crippen LogP contribution in [0.1, 0.15) is 5.69 Å². The molecule has 2 aromatic heterocycles. The van der Waals surface area contributed by atoms with Crippen molar-refractivity contribution < 1.29 is 9.52 Å². The van der Waals surface area contributed by atoms with Gasteiger partial charge in [-0.15, -0.1) is 11.3 Å². The summed E-state index contributed by atoms with van der Waals surface area (Å²) in [5.41, 5.74) is 0.595. The fraction of sp³-hybridized carbons (Fsp3) is 0.125. The summed E-state index contributed by atoms with van der Waals surface area (Å²) in [5, 5.41) is 10.8. The summed E-state index contributed by atoms with van der Waals surface area (Å²) in [6.07, 6.45) is 1.35. The number of oxazole rings is 1. The quantitative estimate of drug-likeness (QED) is 0.769. The van der Waals surface area contributed by atoms with Gasteiger partial charge in [0.1, 0.15) is 5.69 Å². The number of rotatable bonds is 2. The third kappa shape index (κ3) is 1.15. The highest BCUT2D eigenvalue weighted by Gasteiger charge is 2.09. The molecule has 0 amide bonds. The SMILES string of the molecule is OCc1ncoc1-c1cccs1. The fourth-order valence-electron chi connectivity index (χ4n) is 0.990. The minimum absolute atomic E-state index is 0.0796. The standard InChI is InChI=1S/C8H7NO2S/c10-4-6-8(11-5-9-6)7-2-1-3-12-7/h1-3,5,10H,4H2. The van der Waals surface area contributed by atoms with Gasteiger partial charge < -0.3 is 9.52 Å². The Morgan fingerprint density at radius 3 is 3.17 bits per heavy atom. The molecule has 2 rings (SSSR count). The Kier molecular flexibility index (Phi) is 1.93. The van der Waals surface area contributed by atoms with Crippen LogP contribution >= 0.6 is 11.3 Å². The molecule has 0 saturated carbocycles. The first-order valence-electron chi connectivity index (χ1n) is 3.49. The molecule has 0 bridgehead atoms. The highest BCUT2D eigenvalue weighted by Crippen LogP contribution is 2.27. The van der Waals surface area contributed by atoms with Gasteiger partial charge in [-0.2, -0.15) is 0 Å². The lowest BCUT2D eigenvalue weighted by Gasteiger charge is -1.91. The van der Waals surface area contributed by atoms with Crippen LogP contribution in [0, 0.1) is 0 Å².